The normalized spacial score (nSPS) is 22.9. The lowest BCUT2D eigenvalue weighted by Crippen LogP contribution is -2.15. The Kier molecular flexibility index (Phi) is 10.8. The number of rotatable bonds is 2. The Morgan fingerprint density at radius 1 is 0.611 bits per heavy atom. The van der Waals surface area contributed by atoms with Crippen LogP contribution in [0.5, 0.6) is 0 Å². The molecule has 0 spiro atoms. The van der Waals surface area contributed by atoms with Crippen LogP contribution in [0.3, 0.4) is 0 Å². The van der Waals surface area contributed by atoms with Gasteiger partial charge in [-0.2, -0.15) is 0 Å². The molecule has 0 saturated heterocycles. The van der Waals surface area contributed by atoms with Gasteiger partial charge in [0.15, 0.2) is 0 Å². The molecule has 0 radical (unpaired) electrons. The topological polar surface area (TPSA) is 26.0 Å². The highest BCUT2D eigenvalue weighted by Crippen LogP contribution is 2.23. The smallest absolute Gasteiger partial charge is 0.140 e. The Bertz CT molecular complexity index is 156. The summed E-state index contributed by atoms with van der Waals surface area (Å²) in [4.78, 5) is 0. The van der Waals surface area contributed by atoms with E-state index >= 15 is 0 Å². The van der Waals surface area contributed by atoms with E-state index in [2.05, 4.69) is 0 Å². The summed E-state index contributed by atoms with van der Waals surface area (Å²) < 4.78 is 0. The summed E-state index contributed by atoms with van der Waals surface area (Å²) in [5, 5.41) is 0. The van der Waals surface area contributed by atoms with Crippen molar-refractivity contribution in [3.8, 4) is 0 Å². The van der Waals surface area contributed by atoms with Crippen molar-refractivity contribution in [3.05, 3.63) is 0 Å². The highest BCUT2D eigenvalue weighted by Gasteiger charge is 2.09. The minimum atomic E-state index is 0.894. The van der Waals surface area contributed by atoms with Crippen LogP contribution in [0.4, 0.5) is 0 Å². The second-order valence-electron chi connectivity index (χ2n) is 6.26. The zero-order valence-corrected chi connectivity index (χ0v) is 12.5. The molecule has 1 aliphatic rings. The first-order chi connectivity index (χ1) is 8.93. The first kappa shape index (κ1) is 16.1. The van der Waals surface area contributed by atoms with Gasteiger partial charge < -0.3 is 5.73 Å². The molecule has 0 unspecified atom stereocenters. The second-order valence-corrected chi connectivity index (χ2v) is 6.26. The van der Waals surface area contributed by atoms with Crippen LogP contribution >= 0.6 is 0 Å². The highest BCUT2D eigenvalue weighted by atomic mass is 14.5. The molecule has 0 heterocycles. The fourth-order valence-corrected chi connectivity index (χ4v) is 3.30. The molecule has 1 aliphatic carbocycles. The molecule has 1 rings (SSSR count). The van der Waals surface area contributed by atoms with E-state index in [1.54, 1.807) is 0 Å². The van der Waals surface area contributed by atoms with E-state index in [9.17, 15) is 0 Å². The van der Waals surface area contributed by atoms with Gasteiger partial charge in [0, 0.05) is 0 Å². The van der Waals surface area contributed by atoms with Crippen molar-refractivity contribution in [1.82, 2.24) is 0 Å². The zero-order chi connectivity index (χ0) is 12.9. The summed E-state index contributed by atoms with van der Waals surface area (Å²) in [5.74, 6) is 0.931. The molecule has 2 N–H and O–H groups in total. The molecular formula is C16H34BN. The summed E-state index contributed by atoms with van der Waals surface area (Å²) in [6.07, 6.45) is 21.4. The van der Waals surface area contributed by atoms with E-state index in [1.807, 2.05) is 0 Å². The van der Waals surface area contributed by atoms with Crippen LogP contribution in [0.15, 0.2) is 0 Å². The number of hydrogen-bond acceptors (Lipinski definition) is 1. The van der Waals surface area contributed by atoms with Gasteiger partial charge in [0.05, 0.1) is 0 Å². The van der Waals surface area contributed by atoms with Crippen LogP contribution in [0.2, 0.25) is 5.82 Å². The largest absolute Gasteiger partial charge is 0.338 e. The molecule has 1 fully saturated rings. The van der Waals surface area contributed by atoms with Gasteiger partial charge >= 0.3 is 0 Å². The standard InChI is InChI=1S/C16H34BN/c18-15-17-16-13-11-9-7-5-3-1-2-4-6-8-10-12-14-16/h16-17H,1-15,18H2. The summed E-state index contributed by atoms with van der Waals surface area (Å²) in [6, 6.07) is 0. The molecule has 0 amide bonds. The first-order valence-corrected chi connectivity index (χ1v) is 8.63. The van der Waals surface area contributed by atoms with Gasteiger partial charge in [0.1, 0.15) is 7.28 Å². The Labute approximate surface area is 116 Å². The molecule has 0 aliphatic heterocycles. The third kappa shape index (κ3) is 9.02. The summed E-state index contributed by atoms with van der Waals surface area (Å²) in [5.41, 5.74) is 5.74. The molecule has 0 aromatic rings. The van der Waals surface area contributed by atoms with Crippen molar-refractivity contribution in [2.45, 2.75) is 95.7 Å². The lowest BCUT2D eigenvalue weighted by atomic mass is 9.61. The van der Waals surface area contributed by atoms with Crippen molar-refractivity contribution in [2.75, 3.05) is 6.44 Å². The predicted octanol–water partition coefficient (Wildman–Crippen LogP) is 4.60. The lowest BCUT2D eigenvalue weighted by molar-refractivity contribution is 0.544. The van der Waals surface area contributed by atoms with Crippen LogP contribution in [-0.4, -0.2) is 13.7 Å². The van der Waals surface area contributed by atoms with E-state index in [4.69, 9.17) is 5.73 Å². The van der Waals surface area contributed by atoms with Crippen LogP contribution in [0.1, 0.15) is 89.9 Å². The molecule has 1 nitrogen and oxygen atoms in total. The molecule has 0 atom stereocenters. The molecule has 0 aromatic heterocycles. The van der Waals surface area contributed by atoms with Gasteiger partial charge in [-0.3, -0.25) is 0 Å². The molecule has 0 bridgehead atoms. The van der Waals surface area contributed by atoms with Gasteiger partial charge in [-0.05, 0) is 6.44 Å². The maximum absolute atomic E-state index is 5.74. The maximum Gasteiger partial charge on any atom is 0.140 e. The molecule has 106 valence electrons. The van der Waals surface area contributed by atoms with Crippen LogP contribution in [-0.2, 0) is 0 Å². The average molecular weight is 251 g/mol. The summed E-state index contributed by atoms with van der Waals surface area (Å²) in [7, 11) is 1.26. The molecule has 2 heteroatoms. The summed E-state index contributed by atoms with van der Waals surface area (Å²) in [6.45, 7) is 0. The minimum Gasteiger partial charge on any atom is -0.338 e. The maximum atomic E-state index is 5.74. The van der Waals surface area contributed by atoms with Gasteiger partial charge in [-0.15, -0.1) is 0 Å². The van der Waals surface area contributed by atoms with Gasteiger partial charge in [0.2, 0.25) is 0 Å². The van der Waals surface area contributed by atoms with Gasteiger partial charge in [-0.1, -0.05) is 95.7 Å². The predicted molar refractivity (Wildman–Crippen MR) is 84.6 cm³/mol. The Morgan fingerprint density at radius 2 is 0.944 bits per heavy atom. The zero-order valence-electron chi connectivity index (χ0n) is 12.5. The molecular weight excluding hydrogens is 217 g/mol. The van der Waals surface area contributed by atoms with Crippen molar-refractivity contribution < 1.29 is 0 Å². The van der Waals surface area contributed by atoms with Crippen LogP contribution in [0.25, 0.3) is 0 Å². The van der Waals surface area contributed by atoms with E-state index in [0.717, 1.165) is 12.3 Å². The van der Waals surface area contributed by atoms with Crippen molar-refractivity contribution in [3.63, 3.8) is 0 Å². The molecule has 1 saturated carbocycles. The molecule has 18 heavy (non-hydrogen) atoms. The Balaban J connectivity index is 2.20. The SMILES string of the molecule is NCBC1CCCCCCCCCCCCCC1. The van der Waals surface area contributed by atoms with Crippen molar-refractivity contribution >= 4 is 7.28 Å². The van der Waals surface area contributed by atoms with Crippen molar-refractivity contribution in [2.24, 2.45) is 5.73 Å². The van der Waals surface area contributed by atoms with Gasteiger partial charge in [0.25, 0.3) is 0 Å². The Morgan fingerprint density at radius 3 is 1.28 bits per heavy atom. The van der Waals surface area contributed by atoms with E-state index in [-0.39, 0.29) is 0 Å². The van der Waals surface area contributed by atoms with Crippen molar-refractivity contribution in [1.29, 1.82) is 0 Å². The van der Waals surface area contributed by atoms with E-state index in [0.29, 0.717) is 0 Å². The van der Waals surface area contributed by atoms with Gasteiger partial charge in [-0.25, -0.2) is 0 Å². The Hall–Kier alpha value is 0.0249. The number of hydrogen-bond donors (Lipinski definition) is 1. The van der Waals surface area contributed by atoms with E-state index in [1.165, 1.54) is 97.2 Å². The lowest BCUT2D eigenvalue weighted by Gasteiger charge is -2.14. The van der Waals surface area contributed by atoms with E-state index < -0.39 is 0 Å². The molecule has 0 aromatic carbocycles. The van der Waals surface area contributed by atoms with Crippen LogP contribution < -0.4 is 5.73 Å². The first-order valence-electron chi connectivity index (χ1n) is 8.63. The number of nitrogens with two attached hydrogens (primary N) is 1. The highest BCUT2D eigenvalue weighted by molar-refractivity contribution is 6.37. The third-order valence-corrected chi connectivity index (χ3v) is 4.55. The summed E-state index contributed by atoms with van der Waals surface area (Å²) >= 11 is 0. The third-order valence-electron chi connectivity index (χ3n) is 4.55. The fraction of sp³-hybridized carbons (Fsp3) is 1.00. The second kappa shape index (κ2) is 12.1. The average Bonchev–Trinajstić information content (AvgIpc) is 2.39. The quantitative estimate of drug-likeness (QED) is 0.713. The fourth-order valence-electron chi connectivity index (χ4n) is 3.30. The minimum absolute atomic E-state index is 0.894. The monoisotopic (exact) mass is 251 g/mol. The van der Waals surface area contributed by atoms with Crippen LogP contribution in [0, 0.1) is 0 Å².